The Morgan fingerprint density at radius 2 is 2.20 bits per heavy atom. The second-order valence-corrected chi connectivity index (χ2v) is 4.15. The van der Waals surface area contributed by atoms with Gasteiger partial charge >= 0.3 is 0 Å². The molecule has 0 aliphatic heterocycles. The summed E-state index contributed by atoms with van der Waals surface area (Å²) in [6.07, 6.45) is 0.669. The van der Waals surface area contributed by atoms with Crippen LogP contribution in [0.3, 0.4) is 0 Å². The lowest BCUT2D eigenvalue weighted by molar-refractivity contribution is 0.211. The molecule has 1 aromatic carbocycles. The molecule has 4 heteroatoms. The van der Waals surface area contributed by atoms with E-state index in [1.54, 1.807) is 0 Å². The minimum absolute atomic E-state index is 0.0506. The quantitative estimate of drug-likeness (QED) is 0.797. The van der Waals surface area contributed by atoms with Gasteiger partial charge < -0.3 is 10.8 Å². The second kappa shape index (κ2) is 3.54. The number of halogens is 2. The Labute approximate surface area is 86.7 Å². The molecule has 2 rings (SSSR count). The molecule has 0 spiro atoms. The Bertz CT molecular complexity index is 377. The number of rotatable bonds is 3. The van der Waals surface area contributed by atoms with E-state index < -0.39 is 17.0 Å². The summed E-state index contributed by atoms with van der Waals surface area (Å²) in [5, 5.41) is 9.16. The lowest BCUT2D eigenvalue weighted by Crippen LogP contribution is -2.21. The minimum atomic E-state index is -0.584. The Morgan fingerprint density at radius 1 is 1.47 bits per heavy atom. The zero-order valence-corrected chi connectivity index (χ0v) is 8.21. The van der Waals surface area contributed by atoms with Crippen LogP contribution in [-0.2, 0) is 0 Å². The first-order valence-corrected chi connectivity index (χ1v) is 4.89. The molecule has 1 saturated carbocycles. The Balaban J connectivity index is 2.26. The van der Waals surface area contributed by atoms with E-state index in [1.165, 1.54) is 12.1 Å². The van der Waals surface area contributed by atoms with E-state index in [0.717, 1.165) is 6.07 Å². The van der Waals surface area contributed by atoms with Crippen LogP contribution < -0.4 is 5.73 Å². The van der Waals surface area contributed by atoms with Gasteiger partial charge in [0.2, 0.25) is 0 Å². The summed E-state index contributed by atoms with van der Waals surface area (Å²) in [7, 11) is 0. The Hall–Kier alpha value is -1.00. The van der Waals surface area contributed by atoms with Crippen molar-refractivity contribution < 1.29 is 13.9 Å². The van der Waals surface area contributed by atoms with Gasteiger partial charge in [0.05, 0.1) is 6.61 Å². The first kappa shape index (κ1) is 10.5. The van der Waals surface area contributed by atoms with Crippen molar-refractivity contribution in [2.45, 2.75) is 12.3 Å². The molecule has 3 N–H and O–H groups in total. The summed E-state index contributed by atoms with van der Waals surface area (Å²) >= 11 is 0. The number of aliphatic hydroxyl groups is 1. The van der Waals surface area contributed by atoms with Crippen molar-refractivity contribution >= 4 is 0 Å². The van der Waals surface area contributed by atoms with E-state index in [0.29, 0.717) is 18.5 Å². The Morgan fingerprint density at radius 3 is 2.67 bits per heavy atom. The van der Waals surface area contributed by atoms with Gasteiger partial charge in [0, 0.05) is 18.0 Å². The van der Waals surface area contributed by atoms with Gasteiger partial charge in [0.1, 0.15) is 11.6 Å². The highest BCUT2D eigenvalue weighted by atomic mass is 19.1. The minimum Gasteiger partial charge on any atom is -0.396 e. The molecule has 0 radical (unpaired) electrons. The molecule has 0 saturated heterocycles. The summed E-state index contributed by atoms with van der Waals surface area (Å²) in [5.41, 5.74) is 5.59. The van der Waals surface area contributed by atoms with Gasteiger partial charge in [-0.2, -0.15) is 0 Å². The summed E-state index contributed by atoms with van der Waals surface area (Å²) in [6.45, 7) is 0.274. The topological polar surface area (TPSA) is 46.2 Å². The molecule has 82 valence electrons. The van der Waals surface area contributed by atoms with Crippen LogP contribution in [-0.4, -0.2) is 18.3 Å². The third kappa shape index (κ3) is 1.64. The van der Waals surface area contributed by atoms with Crippen LogP contribution in [0.2, 0.25) is 0 Å². The van der Waals surface area contributed by atoms with Crippen LogP contribution >= 0.6 is 0 Å². The third-order valence-electron chi connectivity index (χ3n) is 3.25. The highest BCUT2D eigenvalue weighted by Crippen LogP contribution is 2.58. The van der Waals surface area contributed by atoms with E-state index >= 15 is 0 Å². The van der Waals surface area contributed by atoms with Crippen molar-refractivity contribution in [3.05, 3.63) is 35.4 Å². The predicted molar refractivity (Wildman–Crippen MR) is 52.3 cm³/mol. The predicted octanol–water partition coefficient (Wildman–Crippen LogP) is 1.39. The van der Waals surface area contributed by atoms with E-state index in [-0.39, 0.29) is 12.5 Å². The number of hydrogen-bond donors (Lipinski definition) is 2. The van der Waals surface area contributed by atoms with Crippen LogP contribution in [0.15, 0.2) is 18.2 Å². The zero-order chi connectivity index (χ0) is 11.1. The SMILES string of the molecule is NC[C@]1(CO)C[C@@H]1c1ccc(F)cc1F. The smallest absolute Gasteiger partial charge is 0.129 e. The van der Waals surface area contributed by atoms with E-state index in [4.69, 9.17) is 10.8 Å². The Kier molecular flexibility index (Phi) is 2.48. The van der Waals surface area contributed by atoms with Crippen molar-refractivity contribution in [2.24, 2.45) is 11.1 Å². The number of aliphatic hydroxyl groups excluding tert-OH is 1. The molecule has 0 amide bonds. The summed E-state index contributed by atoms with van der Waals surface area (Å²) < 4.78 is 26.1. The average Bonchev–Trinajstić information content (AvgIpc) is 2.93. The molecule has 1 aromatic rings. The fourth-order valence-corrected chi connectivity index (χ4v) is 2.04. The van der Waals surface area contributed by atoms with Crippen molar-refractivity contribution in [2.75, 3.05) is 13.2 Å². The standard InChI is InChI=1S/C11H13F2NO/c12-7-1-2-8(10(13)3-7)9-4-11(9,5-14)6-15/h1-3,9,15H,4-6,14H2/t9-,11+/m1/s1. The highest BCUT2D eigenvalue weighted by molar-refractivity contribution is 5.32. The molecule has 0 unspecified atom stereocenters. The van der Waals surface area contributed by atoms with Gasteiger partial charge in [-0.15, -0.1) is 0 Å². The van der Waals surface area contributed by atoms with E-state index in [2.05, 4.69) is 0 Å². The van der Waals surface area contributed by atoms with Gasteiger partial charge in [-0.1, -0.05) is 6.07 Å². The van der Waals surface area contributed by atoms with Crippen LogP contribution in [0.4, 0.5) is 8.78 Å². The molecule has 0 heterocycles. The molecule has 1 fully saturated rings. The fourth-order valence-electron chi connectivity index (χ4n) is 2.04. The average molecular weight is 213 g/mol. The lowest BCUT2D eigenvalue weighted by Gasteiger charge is -2.11. The third-order valence-corrected chi connectivity index (χ3v) is 3.25. The molecule has 2 nitrogen and oxygen atoms in total. The molecule has 15 heavy (non-hydrogen) atoms. The summed E-state index contributed by atoms with van der Waals surface area (Å²) in [5.74, 6) is -1.21. The lowest BCUT2D eigenvalue weighted by atomic mass is 10.00. The first-order valence-electron chi connectivity index (χ1n) is 4.89. The first-order chi connectivity index (χ1) is 7.13. The number of nitrogens with two attached hydrogens (primary N) is 1. The molecular weight excluding hydrogens is 200 g/mol. The maximum atomic E-state index is 13.4. The van der Waals surface area contributed by atoms with Gasteiger partial charge in [0.25, 0.3) is 0 Å². The maximum absolute atomic E-state index is 13.4. The molecular formula is C11H13F2NO. The van der Waals surface area contributed by atoms with Gasteiger partial charge in [-0.05, 0) is 24.0 Å². The largest absolute Gasteiger partial charge is 0.396 e. The number of hydrogen-bond acceptors (Lipinski definition) is 2. The van der Waals surface area contributed by atoms with Crippen molar-refractivity contribution in [3.8, 4) is 0 Å². The molecule has 1 aliphatic rings. The van der Waals surface area contributed by atoms with Gasteiger partial charge in [0.15, 0.2) is 0 Å². The second-order valence-electron chi connectivity index (χ2n) is 4.15. The van der Waals surface area contributed by atoms with E-state index in [1.807, 2.05) is 0 Å². The molecule has 1 aliphatic carbocycles. The summed E-state index contributed by atoms with van der Waals surface area (Å²) in [4.78, 5) is 0. The maximum Gasteiger partial charge on any atom is 0.129 e. The van der Waals surface area contributed by atoms with Gasteiger partial charge in [-0.3, -0.25) is 0 Å². The van der Waals surface area contributed by atoms with Crippen LogP contribution in [0, 0.1) is 17.0 Å². The van der Waals surface area contributed by atoms with Crippen LogP contribution in [0.5, 0.6) is 0 Å². The summed E-state index contributed by atoms with van der Waals surface area (Å²) in [6, 6.07) is 3.53. The van der Waals surface area contributed by atoms with Crippen LogP contribution in [0.1, 0.15) is 17.9 Å². The molecule has 0 bridgehead atoms. The zero-order valence-electron chi connectivity index (χ0n) is 8.21. The monoisotopic (exact) mass is 213 g/mol. The van der Waals surface area contributed by atoms with E-state index in [9.17, 15) is 8.78 Å². The van der Waals surface area contributed by atoms with Crippen molar-refractivity contribution in [1.29, 1.82) is 0 Å². The highest BCUT2D eigenvalue weighted by Gasteiger charge is 2.54. The molecule has 0 aromatic heterocycles. The van der Waals surface area contributed by atoms with Crippen molar-refractivity contribution in [3.63, 3.8) is 0 Å². The fraction of sp³-hybridized carbons (Fsp3) is 0.455. The van der Waals surface area contributed by atoms with Crippen molar-refractivity contribution in [1.82, 2.24) is 0 Å². The van der Waals surface area contributed by atoms with Crippen LogP contribution in [0.25, 0.3) is 0 Å². The number of benzene rings is 1. The van der Waals surface area contributed by atoms with Gasteiger partial charge in [-0.25, -0.2) is 8.78 Å². The molecule has 2 atom stereocenters. The normalized spacial score (nSPS) is 29.2.